The standard InChI is InChI=1S/C29H25FN4O3/c30-21-7-9-27(20(12-21)15-28(35)36)37-16-25-24-14-19(6-8-26(24)34(33-25)22-2-1-3-22)18-5-4-17-10-11-32-29(31)23(17)13-18/h4-14,22H,1-3,15-16H2,(H2,31,32)(H,35,36). The van der Waals surface area contributed by atoms with Crippen molar-refractivity contribution in [3.05, 3.63) is 83.9 Å². The van der Waals surface area contributed by atoms with Gasteiger partial charge in [-0.25, -0.2) is 9.37 Å². The Labute approximate surface area is 212 Å². The molecule has 6 rings (SSSR count). The van der Waals surface area contributed by atoms with Gasteiger partial charge in [-0.2, -0.15) is 5.10 Å². The number of carboxylic acids is 1. The molecule has 1 fully saturated rings. The minimum atomic E-state index is -1.05. The Balaban J connectivity index is 1.39. The molecule has 37 heavy (non-hydrogen) atoms. The highest BCUT2D eigenvalue weighted by Gasteiger charge is 2.24. The first-order valence-electron chi connectivity index (χ1n) is 12.2. The first kappa shape index (κ1) is 23.0. The predicted molar refractivity (Wildman–Crippen MR) is 140 cm³/mol. The summed E-state index contributed by atoms with van der Waals surface area (Å²) in [5.41, 5.74) is 10.2. The number of fused-ring (bicyclic) bond motifs is 2. The van der Waals surface area contributed by atoms with Crippen LogP contribution in [0.15, 0.2) is 66.9 Å². The van der Waals surface area contributed by atoms with Crippen molar-refractivity contribution in [3.63, 3.8) is 0 Å². The third-order valence-corrected chi connectivity index (χ3v) is 7.06. The maximum atomic E-state index is 13.8. The summed E-state index contributed by atoms with van der Waals surface area (Å²) in [6, 6.07) is 18.6. The summed E-state index contributed by atoms with van der Waals surface area (Å²) < 4.78 is 21.9. The minimum Gasteiger partial charge on any atom is -0.487 e. The molecule has 8 heteroatoms. The number of pyridine rings is 1. The second-order valence-electron chi connectivity index (χ2n) is 9.45. The Morgan fingerprint density at radius 3 is 2.59 bits per heavy atom. The van der Waals surface area contributed by atoms with Gasteiger partial charge < -0.3 is 15.6 Å². The van der Waals surface area contributed by atoms with Gasteiger partial charge in [-0.15, -0.1) is 0 Å². The van der Waals surface area contributed by atoms with Crippen LogP contribution in [0.5, 0.6) is 5.75 Å². The van der Waals surface area contributed by atoms with E-state index in [0.29, 0.717) is 23.2 Å². The molecular formula is C29H25FN4O3. The summed E-state index contributed by atoms with van der Waals surface area (Å²) in [5, 5.41) is 17.0. The molecule has 0 atom stereocenters. The maximum Gasteiger partial charge on any atom is 0.307 e. The lowest BCUT2D eigenvalue weighted by Gasteiger charge is -2.26. The van der Waals surface area contributed by atoms with Crippen molar-refractivity contribution in [1.82, 2.24) is 14.8 Å². The number of aliphatic carboxylic acids is 1. The van der Waals surface area contributed by atoms with Crippen LogP contribution in [0.4, 0.5) is 10.2 Å². The van der Waals surface area contributed by atoms with E-state index in [2.05, 4.69) is 33.9 Å². The van der Waals surface area contributed by atoms with E-state index in [1.165, 1.54) is 24.6 Å². The molecule has 0 bridgehead atoms. The number of nitrogens with zero attached hydrogens (tertiary/aromatic N) is 3. The lowest BCUT2D eigenvalue weighted by Crippen LogP contribution is -2.18. The number of nitrogen functional groups attached to an aromatic ring is 1. The summed E-state index contributed by atoms with van der Waals surface area (Å²) in [6.07, 6.45) is 4.71. The van der Waals surface area contributed by atoms with Crippen LogP contribution in [0.3, 0.4) is 0 Å². The van der Waals surface area contributed by atoms with E-state index in [1.54, 1.807) is 6.20 Å². The normalized spacial score (nSPS) is 13.6. The maximum absolute atomic E-state index is 13.8. The molecular weight excluding hydrogens is 471 g/mol. The lowest BCUT2D eigenvalue weighted by molar-refractivity contribution is -0.136. The summed E-state index contributed by atoms with van der Waals surface area (Å²) in [6.45, 7) is 0.131. The average Bonchev–Trinajstić information content (AvgIpc) is 3.19. The fraction of sp³-hybridized carbons (Fsp3) is 0.207. The molecule has 3 aromatic carbocycles. The number of carboxylic acid groups (broad SMARTS) is 1. The zero-order valence-electron chi connectivity index (χ0n) is 20.0. The van der Waals surface area contributed by atoms with Gasteiger partial charge in [-0.05, 0) is 78.2 Å². The Bertz CT molecular complexity index is 1660. The molecule has 1 aliphatic rings. The van der Waals surface area contributed by atoms with Crippen LogP contribution in [-0.4, -0.2) is 25.8 Å². The van der Waals surface area contributed by atoms with Crippen LogP contribution >= 0.6 is 0 Å². The largest absolute Gasteiger partial charge is 0.487 e. The number of halogens is 1. The highest BCUT2D eigenvalue weighted by atomic mass is 19.1. The van der Waals surface area contributed by atoms with E-state index in [-0.39, 0.29) is 13.0 Å². The number of rotatable bonds is 7. The van der Waals surface area contributed by atoms with Gasteiger partial charge in [0.05, 0.1) is 18.0 Å². The zero-order valence-corrected chi connectivity index (χ0v) is 20.0. The molecule has 2 heterocycles. The third kappa shape index (κ3) is 4.35. The number of nitrogens with two attached hydrogens (primary N) is 1. The summed E-state index contributed by atoms with van der Waals surface area (Å²) in [5.74, 6) is -0.724. The Kier molecular flexibility index (Phi) is 5.71. The van der Waals surface area contributed by atoms with Crippen LogP contribution in [0.1, 0.15) is 36.6 Å². The third-order valence-electron chi connectivity index (χ3n) is 7.06. The van der Waals surface area contributed by atoms with Crippen LogP contribution < -0.4 is 10.5 Å². The smallest absolute Gasteiger partial charge is 0.307 e. The molecule has 1 saturated carbocycles. The van der Waals surface area contributed by atoms with Crippen LogP contribution in [0.2, 0.25) is 0 Å². The summed E-state index contributed by atoms with van der Waals surface area (Å²) >= 11 is 0. The molecule has 0 aliphatic heterocycles. The Morgan fingerprint density at radius 2 is 1.84 bits per heavy atom. The van der Waals surface area contributed by atoms with Gasteiger partial charge in [0.2, 0.25) is 0 Å². The van der Waals surface area contributed by atoms with Crippen molar-refractivity contribution in [2.75, 3.05) is 5.73 Å². The highest BCUT2D eigenvalue weighted by molar-refractivity contribution is 5.95. The number of hydrogen-bond donors (Lipinski definition) is 2. The molecule has 0 amide bonds. The number of aromatic nitrogens is 3. The summed E-state index contributed by atoms with van der Waals surface area (Å²) in [7, 11) is 0. The van der Waals surface area contributed by atoms with Gasteiger partial charge in [0.1, 0.15) is 29.7 Å². The molecule has 5 aromatic rings. The van der Waals surface area contributed by atoms with Gasteiger partial charge >= 0.3 is 5.97 Å². The van der Waals surface area contributed by atoms with E-state index in [1.807, 2.05) is 18.2 Å². The molecule has 0 radical (unpaired) electrons. The monoisotopic (exact) mass is 496 g/mol. The number of benzene rings is 3. The molecule has 3 N–H and O–H groups in total. The van der Waals surface area contributed by atoms with Crippen LogP contribution in [0.25, 0.3) is 32.8 Å². The number of anilines is 1. The quantitative estimate of drug-likeness (QED) is 0.291. The molecule has 7 nitrogen and oxygen atoms in total. The van der Waals surface area contributed by atoms with E-state index < -0.39 is 11.8 Å². The first-order valence-corrected chi connectivity index (χ1v) is 12.2. The van der Waals surface area contributed by atoms with E-state index >= 15 is 0 Å². The van der Waals surface area contributed by atoms with Crippen molar-refractivity contribution in [3.8, 4) is 16.9 Å². The van der Waals surface area contributed by atoms with Crippen LogP contribution in [-0.2, 0) is 17.8 Å². The Morgan fingerprint density at radius 1 is 1.05 bits per heavy atom. The summed E-state index contributed by atoms with van der Waals surface area (Å²) in [4.78, 5) is 15.5. The number of ether oxygens (including phenoxy) is 1. The zero-order chi connectivity index (χ0) is 25.5. The molecule has 0 unspecified atom stereocenters. The van der Waals surface area contributed by atoms with Gasteiger partial charge in [-0.3, -0.25) is 9.48 Å². The van der Waals surface area contributed by atoms with E-state index in [0.717, 1.165) is 51.3 Å². The van der Waals surface area contributed by atoms with Gasteiger partial charge in [0, 0.05) is 22.5 Å². The Hall–Kier alpha value is -4.46. The predicted octanol–water partition coefficient (Wildman–Crippen LogP) is 5.90. The van der Waals surface area contributed by atoms with Crippen molar-refractivity contribution >= 4 is 33.5 Å². The van der Waals surface area contributed by atoms with Crippen molar-refractivity contribution in [1.29, 1.82) is 0 Å². The molecule has 2 aromatic heterocycles. The topological polar surface area (TPSA) is 103 Å². The number of hydrogen-bond acceptors (Lipinski definition) is 5. The molecule has 0 spiro atoms. The van der Waals surface area contributed by atoms with Crippen molar-refractivity contribution in [2.45, 2.75) is 38.3 Å². The fourth-order valence-electron chi connectivity index (χ4n) is 4.91. The van der Waals surface area contributed by atoms with Crippen LogP contribution in [0, 0.1) is 5.82 Å². The lowest BCUT2D eigenvalue weighted by atomic mass is 9.93. The van der Waals surface area contributed by atoms with Crippen molar-refractivity contribution < 1.29 is 19.0 Å². The fourth-order valence-corrected chi connectivity index (χ4v) is 4.91. The molecule has 186 valence electrons. The van der Waals surface area contributed by atoms with Gasteiger partial charge in [-0.1, -0.05) is 18.2 Å². The highest BCUT2D eigenvalue weighted by Crippen LogP contribution is 2.37. The second-order valence-corrected chi connectivity index (χ2v) is 9.45. The molecule has 1 aliphatic carbocycles. The van der Waals surface area contributed by atoms with Gasteiger partial charge in [0.25, 0.3) is 0 Å². The SMILES string of the molecule is Nc1nccc2ccc(-c3ccc4c(c3)c(COc3ccc(F)cc3CC(=O)O)nn4C3CCC3)cc12. The van der Waals surface area contributed by atoms with Crippen molar-refractivity contribution in [2.24, 2.45) is 0 Å². The van der Waals surface area contributed by atoms with E-state index in [9.17, 15) is 14.3 Å². The minimum absolute atomic E-state index is 0.131. The van der Waals surface area contributed by atoms with E-state index in [4.69, 9.17) is 15.6 Å². The number of carbonyl (C=O) groups is 1. The first-order chi connectivity index (χ1) is 18.0. The molecule has 0 saturated heterocycles. The second kappa shape index (κ2) is 9.20. The van der Waals surface area contributed by atoms with Gasteiger partial charge in [0.15, 0.2) is 0 Å². The average molecular weight is 497 g/mol.